The Balaban J connectivity index is 4.86. The van der Waals surface area contributed by atoms with Crippen molar-refractivity contribution in [3.05, 3.63) is 0 Å². The first-order chi connectivity index (χ1) is 7.54. The van der Waals surface area contributed by atoms with E-state index in [-0.39, 0.29) is 6.42 Å². The van der Waals surface area contributed by atoms with Gasteiger partial charge < -0.3 is 16.2 Å². The number of carboxylic acids is 1. The quantitative estimate of drug-likeness (QED) is 0.604. The summed E-state index contributed by atoms with van der Waals surface area (Å²) in [5, 5.41) is 11.3. The first kappa shape index (κ1) is 15.5. The largest absolute Gasteiger partial charge is 0.480 e. The molecule has 4 N–H and O–H groups in total. The highest BCUT2D eigenvalue weighted by Crippen LogP contribution is 2.28. The van der Waals surface area contributed by atoms with Crippen molar-refractivity contribution < 1.29 is 14.7 Å². The van der Waals surface area contributed by atoms with Gasteiger partial charge in [0.05, 0.1) is 5.41 Å². The first-order valence-corrected chi connectivity index (χ1v) is 5.30. The van der Waals surface area contributed by atoms with Crippen LogP contribution in [0.2, 0.25) is 0 Å². The minimum Gasteiger partial charge on any atom is -0.480 e. The molecule has 17 heavy (non-hydrogen) atoms. The lowest BCUT2D eigenvalue weighted by molar-refractivity contribution is -0.144. The van der Waals surface area contributed by atoms with Gasteiger partial charge in [-0.3, -0.25) is 4.79 Å². The van der Waals surface area contributed by atoms with Gasteiger partial charge in [0.25, 0.3) is 0 Å². The van der Waals surface area contributed by atoms with Crippen molar-refractivity contribution in [1.82, 2.24) is 5.32 Å². The maximum absolute atomic E-state index is 12.0. The summed E-state index contributed by atoms with van der Waals surface area (Å²) in [7, 11) is 0. The number of aliphatic carboxylic acids is 1. The summed E-state index contributed by atoms with van der Waals surface area (Å²) in [6.07, 6.45) is 5.00. The predicted octanol–water partition coefficient (Wildman–Crippen LogP) is 0.343. The second kappa shape index (κ2) is 5.19. The molecule has 5 nitrogen and oxygen atoms in total. The number of hydrogen-bond acceptors (Lipinski definition) is 3. The Bertz CT molecular complexity index is 348. The maximum atomic E-state index is 12.0. The summed E-state index contributed by atoms with van der Waals surface area (Å²) in [6, 6.07) is -1.07. The van der Waals surface area contributed by atoms with Gasteiger partial charge in [-0.05, 0) is 27.7 Å². The van der Waals surface area contributed by atoms with E-state index >= 15 is 0 Å². The van der Waals surface area contributed by atoms with Crippen LogP contribution in [0.5, 0.6) is 0 Å². The van der Waals surface area contributed by atoms with Crippen molar-refractivity contribution in [3.8, 4) is 12.3 Å². The minimum absolute atomic E-state index is 0.0534. The van der Waals surface area contributed by atoms with Gasteiger partial charge in [0.15, 0.2) is 0 Å². The number of carboxylic acid groups (broad SMARTS) is 1. The number of rotatable bonds is 5. The smallest absolute Gasteiger partial charge is 0.327 e. The molecule has 0 heterocycles. The second-order valence-corrected chi connectivity index (χ2v) is 5.12. The lowest BCUT2D eigenvalue weighted by atomic mass is 9.74. The van der Waals surface area contributed by atoms with Gasteiger partial charge in [-0.25, -0.2) is 4.79 Å². The van der Waals surface area contributed by atoms with Gasteiger partial charge in [-0.2, -0.15) is 0 Å². The van der Waals surface area contributed by atoms with Crippen LogP contribution in [0.3, 0.4) is 0 Å². The third-order valence-electron chi connectivity index (χ3n) is 3.10. The third kappa shape index (κ3) is 3.75. The van der Waals surface area contributed by atoms with Crippen LogP contribution in [-0.2, 0) is 9.59 Å². The molecule has 96 valence electrons. The molecule has 0 aliphatic rings. The van der Waals surface area contributed by atoms with Crippen LogP contribution in [0.25, 0.3) is 0 Å². The standard InChI is InChI=1S/C12H20N2O3/c1-6-7-8(9(15)16)14-10(17)11(2,3)12(4,5)13/h1,8H,7,13H2,2-5H3,(H,14,17)(H,15,16). The van der Waals surface area contributed by atoms with Gasteiger partial charge >= 0.3 is 5.97 Å². The Morgan fingerprint density at radius 1 is 1.41 bits per heavy atom. The normalized spacial score (nSPS) is 13.6. The number of amides is 1. The zero-order chi connectivity index (χ0) is 13.9. The Labute approximate surface area is 102 Å². The SMILES string of the molecule is C#CCC(NC(=O)C(C)(C)C(C)(C)N)C(=O)O. The average Bonchev–Trinajstić information content (AvgIpc) is 2.14. The average molecular weight is 240 g/mol. The monoisotopic (exact) mass is 240 g/mol. The van der Waals surface area contributed by atoms with Crippen molar-refractivity contribution >= 4 is 11.9 Å². The molecular formula is C12H20N2O3. The molecule has 0 bridgehead atoms. The molecule has 0 radical (unpaired) electrons. The lowest BCUT2D eigenvalue weighted by Crippen LogP contribution is -2.58. The molecule has 0 aromatic carbocycles. The summed E-state index contributed by atoms with van der Waals surface area (Å²) >= 11 is 0. The van der Waals surface area contributed by atoms with Crippen LogP contribution in [0.4, 0.5) is 0 Å². The van der Waals surface area contributed by atoms with E-state index in [0.29, 0.717) is 0 Å². The number of nitrogens with two attached hydrogens (primary N) is 1. The Morgan fingerprint density at radius 2 is 1.88 bits per heavy atom. The van der Waals surface area contributed by atoms with Gasteiger partial charge in [-0.1, -0.05) is 0 Å². The van der Waals surface area contributed by atoms with E-state index in [2.05, 4.69) is 11.2 Å². The van der Waals surface area contributed by atoms with E-state index in [0.717, 1.165) is 0 Å². The van der Waals surface area contributed by atoms with E-state index in [4.69, 9.17) is 17.3 Å². The molecule has 1 atom stereocenters. The molecule has 0 spiro atoms. The molecule has 0 saturated carbocycles. The van der Waals surface area contributed by atoms with Gasteiger partial charge in [-0.15, -0.1) is 12.3 Å². The number of carbonyl (C=O) groups excluding carboxylic acids is 1. The molecule has 0 aromatic rings. The molecule has 1 amide bonds. The fraction of sp³-hybridized carbons (Fsp3) is 0.667. The zero-order valence-corrected chi connectivity index (χ0v) is 10.7. The lowest BCUT2D eigenvalue weighted by Gasteiger charge is -2.37. The Hall–Kier alpha value is -1.54. The van der Waals surface area contributed by atoms with Crippen molar-refractivity contribution in [3.63, 3.8) is 0 Å². The number of terminal acetylenes is 1. The Kier molecular flexibility index (Phi) is 4.72. The molecule has 0 aliphatic carbocycles. The fourth-order valence-corrected chi connectivity index (χ4v) is 0.949. The van der Waals surface area contributed by atoms with Crippen LogP contribution in [0.1, 0.15) is 34.1 Å². The number of nitrogens with one attached hydrogen (secondary N) is 1. The highest BCUT2D eigenvalue weighted by atomic mass is 16.4. The summed E-state index contributed by atoms with van der Waals surface area (Å²) in [5.74, 6) is 0.643. The van der Waals surface area contributed by atoms with Crippen LogP contribution < -0.4 is 11.1 Å². The van der Waals surface area contributed by atoms with E-state index in [1.165, 1.54) is 0 Å². The molecular weight excluding hydrogens is 220 g/mol. The molecule has 0 aromatic heterocycles. The highest BCUT2D eigenvalue weighted by molar-refractivity contribution is 5.88. The Morgan fingerprint density at radius 3 is 2.18 bits per heavy atom. The minimum atomic E-state index is -1.15. The number of hydrogen-bond donors (Lipinski definition) is 3. The van der Waals surface area contributed by atoms with Gasteiger partial charge in [0.1, 0.15) is 6.04 Å². The summed E-state index contributed by atoms with van der Waals surface area (Å²) < 4.78 is 0. The van der Waals surface area contributed by atoms with Gasteiger partial charge in [0, 0.05) is 12.0 Å². The van der Waals surface area contributed by atoms with Crippen molar-refractivity contribution in [2.75, 3.05) is 0 Å². The van der Waals surface area contributed by atoms with Gasteiger partial charge in [0.2, 0.25) is 5.91 Å². The highest BCUT2D eigenvalue weighted by Gasteiger charge is 2.41. The van der Waals surface area contributed by atoms with E-state index in [9.17, 15) is 9.59 Å². The third-order valence-corrected chi connectivity index (χ3v) is 3.10. The zero-order valence-electron chi connectivity index (χ0n) is 10.7. The predicted molar refractivity (Wildman–Crippen MR) is 65.1 cm³/mol. The summed E-state index contributed by atoms with van der Waals surface area (Å²) in [5.41, 5.74) is 4.23. The van der Waals surface area contributed by atoms with Crippen LogP contribution in [-0.4, -0.2) is 28.6 Å². The van der Waals surface area contributed by atoms with Crippen molar-refractivity contribution in [2.45, 2.75) is 45.7 Å². The molecule has 5 heteroatoms. The van der Waals surface area contributed by atoms with Crippen LogP contribution in [0, 0.1) is 17.8 Å². The molecule has 0 rings (SSSR count). The summed E-state index contributed by atoms with van der Waals surface area (Å²) in [6.45, 7) is 6.75. The number of carbonyl (C=O) groups is 2. The topological polar surface area (TPSA) is 92.4 Å². The fourth-order valence-electron chi connectivity index (χ4n) is 0.949. The maximum Gasteiger partial charge on any atom is 0.327 e. The van der Waals surface area contributed by atoms with Crippen molar-refractivity contribution in [2.24, 2.45) is 11.1 Å². The first-order valence-electron chi connectivity index (χ1n) is 5.30. The summed E-state index contributed by atoms with van der Waals surface area (Å²) in [4.78, 5) is 22.8. The molecule has 0 fully saturated rings. The van der Waals surface area contributed by atoms with E-state index < -0.39 is 28.9 Å². The molecule has 1 unspecified atom stereocenters. The van der Waals surface area contributed by atoms with E-state index in [1.807, 2.05) is 0 Å². The second-order valence-electron chi connectivity index (χ2n) is 5.12. The van der Waals surface area contributed by atoms with Crippen LogP contribution >= 0.6 is 0 Å². The van der Waals surface area contributed by atoms with E-state index in [1.54, 1.807) is 27.7 Å². The van der Waals surface area contributed by atoms with Crippen LogP contribution in [0.15, 0.2) is 0 Å². The molecule has 0 saturated heterocycles. The molecule has 0 aliphatic heterocycles. The van der Waals surface area contributed by atoms with Crippen molar-refractivity contribution in [1.29, 1.82) is 0 Å².